The third-order valence-corrected chi connectivity index (χ3v) is 9.45. The molecule has 0 saturated carbocycles. The molecule has 7 nitrogen and oxygen atoms in total. The van der Waals surface area contributed by atoms with Gasteiger partial charge in [-0.2, -0.15) is 8.42 Å². The molecule has 240 valence electrons. The van der Waals surface area contributed by atoms with Gasteiger partial charge in [0.1, 0.15) is 17.2 Å². The molecule has 2 unspecified atom stereocenters. The third kappa shape index (κ3) is 6.94. The second kappa shape index (κ2) is 11.6. The van der Waals surface area contributed by atoms with Crippen LogP contribution in [0.25, 0.3) is 12.2 Å². The maximum absolute atomic E-state index is 14.8. The summed E-state index contributed by atoms with van der Waals surface area (Å²) in [5.41, 5.74) is 4.24. The molecule has 0 spiro atoms. The number of carbonyl (C=O) groups excluding carboxylic acids is 1. The molecule has 2 atom stereocenters. The summed E-state index contributed by atoms with van der Waals surface area (Å²) in [6.45, 7) is 15.8. The summed E-state index contributed by atoms with van der Waals surface area (Å²) in [6, 6.07) is 15.3. The van der Waals surface area contributed by atoms with Crippen molar-refractivity contribution in [2.24, 2.45) is 0 Å². The van der Waals surface area contributed by atoms with Crippen LogP contribution in [0.1, 0.15) is 98.8 Å². The number of carbonyl (C=O) groups is 1. The van der Waals surface area contributed by atoms with Gasteiger partial charge in [0.2, 0.25) is 0 Å². The van der Waals surface area contributed by atoms with E-state index < -0.39 is 21.5 Å². The number of anilines is 1. The highest BCUT2D eigenvalue weighted by atomic mass is 32.2. The molecular formula is C36H43FN2O5S. The minimum Gasteiger partial charge on any atom is -0.456 e. The van der Waals surface area contributed by atoms with Gasteiger partial charge in [0, 0.05) is 52.8 Å². The zero-order valence-corrected chi connectivity index (χ0v) is 27.9. The molecule has 2 aliphatic rings. The third-order valence-electron chi connectivity index (χ3n) is 8.75. The van der Waals surface area contributed by atoms with Crippen molar-refractivity contribution in [1.82, 2.24) is 4.90 Å². The van der Waals surface area contributed by atoms with Crippen LogP contribution in [0.2, 0.25) is 0 Å². The van der Waals surface area contributed by atoms with Crippen LogP contribution < -0.4 is 20.5 Å². The molecule has 2 aliphatic heterocycles. The largest absolute Gasteiger partial charge is 0.456 e. The van der Waals surface area contributed by atoms with Crippen molar-refractivity contribution in [3.8, 4) is 11.5 Å². The summed E-state index contributed by atoms with van der Waals surface area (Å²) in [5.74, 6) is 0.400. The van der Waals surface area contributed by atoms with E-state index in [0.29, 0.717) is 29.0 Å². The number of hydrogen-bond acceptors (Lipinski definition) is 5. The smallest absolute Gasteiger partial charge is 0.266 e. The topological polar surface area (TPSA) is 95.9 Å². The van der Waals surface area contributed by atoms with Crippen LogP contribution in [0.3, 0.4) is 0 Å². The Morgan fingerprint density at radius 3 is 2.53 bits per heavy atom. The molecule has 1 amide bonds. The van der Waals surface area contributed by atoms with Crippen LogP contribution in [0, 0.1) is 0 Å². The summed E-state index contributed by atoms with van der Waals surface area (Å²) < 4.78 is 53.5. The van der Waals surface area contributed by atoms with Crippen LogP contribution in [0.15, 0.2) is 48.5 Å². The van der Waals surface area contributed by atoms with Crippen molar-refractivity contribution in [2.45, 2.75) is 77.4 Å². The van der Waals surface area contributed by atoms with Gasteiger partial charge in [0.25, 0.3) is 16.0 Å². The number of ether oxygens (including phenoxy) is 1. The number of nitrogens with one attached hydrogen (secondary N) is 1. The highest BCUT2D eigenvalue weighted by Crippen LogP contribution is 2.46. The number of amides is 1. The van der Waals surface area contributed by atoms with Gasteiger partial charge in [-0.1, -0.05) is 38.6 Å². The number of alkyl halides is 1. The first-order valence-electron chi connectivity index (χ1n) is 15.3. The number of nitrogens with zero attached hydrogens (tertiary/aromatic N) is 1. The van der Waals surface area contributed by atoms with E-state index in [1.807, 2.05) is 37.3 Å². The lowest BCUT2D eigenvalue weighted by Crippen LogP contribution is -2.36. The Morgan fingerprint density at radius 1 is 1.18 bits per heavy atom. The molecule has 0 fully saturated rings. The second-order valence-electron chi connectivity index (χ2n) is 14.0. The van der Waals surface area contributed by atoms with Crippen LogP contribution in [-0.2, 0) is 10.1 Å². The molecule has 0 radical (unpaired) electrons. The Kier molecular flexibility index (Phi) is 8.42. The molecule has 9 heteroatoms. The molecule has 2 N–H and O–H groups in total. The normalized spacial score (nSPS) is 17.7. The molecule has 3 aromatic carbocycles. The molecule has 2 heterocycles. The molecule has 0 aromatic heterocycles. The molecule has 45 heavy (non-hydrogen) atoms. The van der Waals surface area contributed by atoms with Gasteiger partial charge < -0.3 is 15.0 Å². The first-order valence-corrected chi connectivity index (χ1v) is 16.9. The number of benzene rings is 3. The summed E-state index contributed by atoms with van der Waals surface area (Å²) >= 11 is 0. The Labute approximate surface area is 265 Å². The van der Waals surface area contributed by atoms with E-state index in [1.54, 1.807) is 26.0 Å². The van der Waals surface area contributed by atoms with Gasteiger partial charge in [-0.05, 0) is 98.5 Å². The minimum atomic E-state index is -4.25. The highest BCUT2D eigenvalue weighted by Gasteiger charge is 2.33. The maximum Gasteiger partial charge on any atom is 0.266 e. The lowest BCUT2D eigenvalue weighted by molar-refractivity contribution is 0.0802. The zero-order valence-electron chi connectivity index (χ0n) is 27.1. The Balaban J connectivity index is 1.78. The van der Waals surface area contributed by atoms with Gasteiger partial charge in [0.05, 0.1) is 5.75 Å². The van der Waals surface area contributed by atoms with Gasteiger partial charge in [-0.3, -0.25) is 9.35 Å². The van der Waals surface area contributed by atoms with Crippen LogP contribution in [0.5, 0.6) is 11.5 Å². The number of rotatable bonds is 8. The van der Waals surface area contributed by atoms with Crippen molar-refractivity contribution >= 4 is 33.9 Å². The number of fused-ring (bicyclic) bond motifs is 3. The van der Waals surface area contributed by atoms with Crippen LogP contribution in [0.4, 0.5) is 10.1 Å². The molecule has 3 aromatic rings. The second-order valence-corrected chi connectivity index (χ2v) is 15.5. The molecule has 0 bridgehead atoms. The first kappa shape index (κ1) is 32.7. The lowest BCUT2D eigenvalue weighted by Gasteiger charge is -2.38. The van der Waals surface area contributed by atoms with E-state index >= 15 is 0 Å². The fourth-order valence-electron chi connectivity index (χ4n) is 6.90. The average molecular weight is 635 g/mol. The zero-order chi connectivity index (χ0) is 33.1. The summed E-state index contributed by atoms with van der Waals surface area (Å²) in [5, 5.41) is 5.17. The average Bonchev–Trinajstić information content (AvgIpc) is 2.91. The van der Waals surface area contributed by atoms with E-state index in [1.165, 1.54) is 11.9 Å². The summed E-state index contributed by atoms with van der Waals surface area (Å²) in [7, 11) is -2.74. The van der Waals surface area contributed by atoms with E-state index in [2.05, 4.69) is 38.7 Å². The fourth-order valence-corrected chi connectivity index (χ4v) is 7.40. The Hall–Kier alpha value is -3.69. The predicted molar refractivity (Wildman–Crippen MR) is 178 cm³/mol. The minimum absolute atomic E-state index is 0.0961. The standard InChI is InChI=1S/C36H43FN2O5S/c1-21-15-31-28(16-26(21)22(2)19-35(4,5)37)33(24-11-9-10-12-25(24)34(40)39(8)13-14-45(41,42)43)29-17-27-23(3)20-36(6,7)38-30(27)18-32(29)44-31/h9-12,15-18,22-23,38H,1,13-14,19-20H2,2-8H3,(H,41,42,43). The van der Waals surface area contributed by atoms with E-state index in [4.69, 9.17) is 4.74 Å². The van der Waals surface area contributed by atoms with Crippen molar-refractivity contribution in [1.29, 1.82) is 0 Å². The monoisotopic (exact) mass is 634 g/mol. The fraction of sp³-hybridized carbons (Fsp3) is 0.417. The van der Waals surface area contributed by atoms with E-state index in [-0.39, 0.29) is 29.8 Å². The maximum atomic E-state index is 14.8. The number of hydrogen-bond donors (Lipinski definition) is 2. The Morgan fingerprint density at radius 2 is 1.87 bits per heavy atom. The van der Waals surface area contributed by atoms with E-state index in [0.717, 1.165) is 44.8 Å². The lowest BCUT2D eigenvalue weighted by atomic mass is 9.79. The van der Waals surface area contributed by atoms with Gasteiger partial charge in [-0.25, -0.2) is 4.39 Å². The van der Waals surface area contributed by atoms with E-state index in [9.17, 15) is 22.2 Å². The molecule has 0 saturated heterocycles. The predicted octanol–water partition coefficient (Wildman–Crippen LogP) is 6.35. The van der Waals surface area contributed by atoms with Crippen molar-refractivity contribution in [3.63, 3.8) is 0 Å². The summed E-state index contributed by atoms with van der Waals surface area (Å²) in [4.78, 5) is 15.1. The van der Waals surface area contributed by atoms with Gasteiger partial charge in [-0.15, -0.1) is 0 Å². The van der Waals surface area contributed by atoms with Crippen LogP contribution >= 0.6 is 0 Å². The van der Waals surface area contributed by atoms with Gasteiger partial charge in [0.15, 0.2) is 0 Å². The SMILES string of the molecule is C=c1cc2c(cc1C(C)CC(C)(C)F)=C(c1ccccc1C(=O)N(C)CCS(=O)(=O)O)c1cc3c(cc1O2)NC(C)(C)CC3C. The van der Waals surface area contributed by atoms with Gasteiger partial charge >= 0.3 is 0 Å². The van der Waals surface area contributed by atoms with Crippen molar-refractivity contribution in [3.05, 3.63) is 86.8 Å². The number of halogens is 1. The summed E-state index contributed by atoms with van der Waals surface area (Å²) in [6.07, 6.45) is 1.24. The van der Waals surface area contributed by atoms with Crippen molar-refractivity contribution < 1.29 is 26.9 Å². The quantitative estimate of drug-likeness (QED) is 0.220. The van der Waals surface area contributed by atoms with Crippen molar-refractivity contribution in [2.75, 3.05) is 24.7 Å². The molecular weight excluding hydrogens is 591 g/mol. The first-order chi connectivity index (χ1) is 20.8. The Bertz CT molecular complexity index is 1900. The molecule has 5 rings (SSSR count). The highest BCUT2D eigenvalue weighted by molar-refractivity contribution is 7.85. The van der Waals surface area contributed by atoms with Crippen LogP contribution in [-0.4, -0.2) is 54.3 Å². The molecule has 0 aliphatic carbocycles.